The molecule has 22 heavy (non-hydrogen) atoms. The summed E-state index contributed by atoms with van der Waals surface area (Å²) < 4.78 is 21.4. The van der Waals surface area contributed by atoms with Crippen LogP contribution in [0.25, 0.3) is 0 Å². The minimum Gasteiger partial charge on any atom is -0.496 e. The van der Waals surface area contributed by atoms with Gasteiger partial charge in [0.05, 0.1) is 20.3 Å². The average Bonchev–Trinajstić information content (AvgIpc) is 2.56. The van der Waals surface area contributed by atoms with E-state index in [9.17, 15) is 4.79 Å². The van der Waals surface area contributed by atoms with Crippen molar-refractivity contribution in [1.82, 2.24) is 0 Å². The minimum atomic E-state index is -0.428. The molecule has 0 amide bonds. The van der Waals surface area contributed by atoms with Gasteiger partial charge in [-0.3, -0.25) is 0 Å². The Balaban J connectivity index is 2.79. The first-order valence-electron chi connectivity index (χ1n) is 7.69. The molecule has 0 aliphatic heterocycles. The molecule has 0 saturated carbocycles. The maximum Gasteiger partial charge on any atom is 0.342 e. The number of rotatable bonds is 10. The summed E-state index contributed by atoms with van der Waals surface area (Å²) >= 11 is 0. The highest BCUT2D eigenvalue weighted by atomic mass is 16.6. The lowest BCUT2D eigenvalue weighted by Crippen LogP contribution is -2.29. The van der Waals surface area contributed by atoms with Crippen LogP contribution in [0.5, 0.6) is 5.75 Å². The Morgan fingerprint density at radius 2 is 1.73 bits per heavy atom. The van der Waals surface area contributed by atoms with Crippen LogP contribution in [0.3, 0.4) is 0 Å². The summed E-state index contributed by atoms with van der Waals surface area (Å²) in [4.78, 5) is 12.3. The maximum absolute atomic E-state index is 12.3. The third-order valence-corrected chi connectivity index (χ3v) is 3.18. The van der Waals surface area contributed by atoms with E-state index in [1.807, 2.05) is 32.9 Å². The third-order valence-electron chi connectivity index (χ3n) is 3.18. The van der Waals surface area contributed by atoms with Crippen molar-refractivity contribution in [2.75, 3.05) is 33.5 Å². The second-order valence-corrected chi connectivity index (χ2v) is 4.73. The zero-order valence-electron chi connectivity index (χ0n) is 13.9. The second kappa shape index (κ2) is 10.2. The van der Waals surface area contributed by atoms with Crippen molar-refractivity contribution >= 4 is 5.97 Å². The first kappa shape index (κ1) is 18.5. The molecule has 5 heteroatoms. The highest BCUT2D eigenvalue weighted by Crippen LogP contribution is 2.22. The third kappa shape index (κ3) is 5.66. The van der Waals surface area contributed by atoms with Crippen LogP contribution in [-0.2, 0) is 20.6 Å². The normalized spacial score (nSPS) is 10.8. The number of carbonyl (C=O) groups is 1. The Labute approximate surface area is 132 Å². The van der Waals surface area contributed by atoms with Crippen molar-refractivity contribution < 1.29 is 23.7 Å². The summed E-state index contributed by atoms with van der Waals surface area (Å²) in [5, 5.41) is 0. The number of hydrogen-bond acceptors (Lipinski definition) is 5. The van der Waals surface area contributed by atoms with Crippen LogP contribution in [-0.4, -0.2) is 45.6 Å². The Morgan fingerprint density at radius 3 is 2.23 bits per heavy atom. The van der Waals surface area contributed by atoms with Gasteiger partial charge in [-0.05, 0) is 38.0 Å². The van der Waals surface area contributed by atoms with Gasteiger partial charge in [-0.1, -0.05) is 13.0 Å². The van der Waals surface area contributed by atoms with Crippen molar-refractivity contribution in [3.8, 4) is 5.75 Å². The van der Waals surface area contributed by atoms with Gasteiger partial charge in [-0.15, -0.1) is 0 Å². The fourth-order valence-electron chi connectivity index (χ4n) is 1.95. The molecule has 1 aromatic rings. The molecule has 0 aliphatic carbocycles. The van der Waals surface area contributed by atoms with E-state index in [4.69, 9.17) is 18.9 Å². The maximum atomic E-state index is 12.3. The second-order valence-electron chi connectivity index (χ2n) is 4.73. The standard InChI is InChI=1S/C17H26O5/c1-5-13-8-9-15(16(10-13)19-4)17(18)22-14(11-20-6-2)12-21-7-3/h8-10,14H,5-7,11-12H2,1-4H3. The number of ether oxygens (including phenoxy) is 4. The SMILES string of the molecule is CCOCC(COCC)OC(=O)c1ccc(CC)cc1OC. The molecule has 0 unspecified atom stereocenters. The Kier molecular flexibility index (Phi) is 8.55. The van der Waals surface area contributed by atoms with Crippen molar-refractivity contribution in [3.05, 3.63) is 29.3 Å². The molecule has 1 rings (SSSR count). The molecule has 0 heterocycles. The van der Waals surface area contributed by atoms with E-state index in [0.717, 1.165) is 12.0 Å². The number of carbonyl (C=O) groups excluding carboxylic acids is 1. The highest BCUT2D eigenvalue weighted by molar-refractivity contribution is 5.92. The lowest BCUT2D eigenvalue weighted by Gasteiger charge is -2.18. The molecule has 0 atom stereocenters. The summed E-state index contributed by atoms with van der Waals surface area (Å²) in [5.41, 5.74) is 1.52. The Bertz CT molecular complexity index is 450. The molecule has 0 spiro atoms. The Hall–Kier alpha value is -1.59. The first-order valence-corrected chi connectivity index (χ1v) is 7.69. The fraction of sp³-hybridized carbons (Fsp3) is 0.588. The molecule has 0 radical (unpaired) electrons. The first-order chi connectivity index (χ1) is 10.7. The summed E-state index contributed by atoms with van der Waals surface area (Å²) in [6.07, 6.45) is 0.450. The zero-order chi connectivity index (χ0) is 16.4. The van der Waals surface area contributed by atoms with Crippen LogP contribution in [0.2, 0.25) is 0 Å². The molecule has 5 nitrogen and oxygen atoms in total. The average molecular weight is 310 g/mol. The van der Waals surface area contributed by atoms with Crippen LogP contribution in [0.4, 0.5) is 0 Å². The van der Waals surface area contributed by atoms with Crippen LogP contribution < -0.4 is 4.74 Å². The number of methoxy groups -OCH3 is 1. The predicted molar refractivity (Wildman–Crippen MR) is 84.6 cm³/mol. The lowest BCUT2D eigenvalue weighted by molar-refractivity contribution is -0.0365. The molecule has 0 bridgehead atoms. The largest absolute Gasteiger partial charge is 0.496 e. The smallest absolute Gasteiger partial charge is 0.342 e. The lowest BCUT2D eigenvalue weighted by atomic mass is 10.1. The summed E-state index contributed by atoms with van der Waals surface area (Å²) in [6.45, 7) is 7.60. The van der Waals surface area contributed by atoms with Crippen LogP contribution in [0, 0.1) is 0 Å². The molecule has 0 aromatic heterocycles. The number of benzene rings is 1. The van der Waals surface area contributed by atoms with E-state index in [1.165, 1.54) is 0 Å². The van der Waals surface area contributed by atoms with Gasteiger partial charge in [0.15, 0.2) is 0 Å². The van der Waals surface area contributed by atoms with E-state index < -0.39 is 12.1 Å². The molecule has 124 valence electrons. The molecule has 0 N–H and O–H groups in total. The van der Waals surface area contributed by atoms with Crippen molar-refractivity contribution in [2.24, 2.45) is 0 Å². The summed E-state index contributed by atoms with van der Waals surface area (Å²) in [5.74, 6) is 0.0971. The summed E-state index contributed by atoms with van der Waals surface area (Å²) in [6, 6.07) is 5.49. The van der Waals surface area contributed by atoms with Gasteiger partial charge >= 0.3 is 5.97 Å². The van der Waals surface area contributed by atoms with Gasteiger partial charge in [0, 0.05) is 13.2 Å². The van der Waals surface area contributed by atoms with Gasteiger partial charge in [-0.2, -0.15) is 0 Å². The summed E-state index contributed by atoms with van der Waals surface area (Å²) in [7, 11) is 1.55. The monoisotopic (exact) mass is 310 g/mol. The van der Waals surface area contributed by atoms with Gasteiger partial charge in [0.2, 0.25) is 0 Å². The van der Waals surface area contributed by atoms with Gasteiger partial charge in [-0.25, -0.2) is 4.79 Å². The van der Waals surface area contributed by atoms with E-state index in [2.05, 4.69) is 0 Å². The Morgan fingerprint density at radius 1 is 1.09 bits per heavy atom. The molecule has 1 aromatic carbocycles. The van der Waals surface area contributed by atoms with E-state index in [0.29, 0.717) is 37.7 Å². The molecule has 0 saturated heterocycles. The van der Waals surface area contributed by atoms with E-state index in [-0.39, 0.29) is 0 Å². The molecule has 0 aliphatic rings. The van der Waals surface area contributed by atoms with Gasteiger partial charge < -0.3 is 18.9 Å². The molecule has 0 fully saturated rings. The topological polar surface area (TPSA) is 54.0 Å². The van der Waals surface area contributed by atoms with Crippen LogP contribution in [0.1, 0.15) is 36.7 Å². The van der Waals surface area contributed by atoms with Gasteiger partial charge in [0.25, 0.3) is 0 Å². The molecular formula is C17H26O5. The van der Waals surface area contributed by atoms with Crippen LogP contribution >= 0.6 is 0 Å². The number of aryl methyl sites for hydroxylation is 1. The predicted octanol–water partition coefficient (Wildman–Crippen LogP) is 2.86. The quantitative estimate of drug-likeness (QED) is 0.622. The van der Waals surface area contributed by atoms with E-state index in [1.54, 1.807) is 13.2 Å². The van der Waals surface area contributed by atoms with Crippen molar-refractivity contribution in [1.29, 1.82) is 0 Å². The van der Waals surface area contributed by atoms with Crippen LogP contribution in [0.15, 0.2) is 18.2 Å². The van der Waals surface area contributed by atoms with E-state index >= 15 is 0 Å². The fourth-order valence-corrected chi connectivity index (χ4v) is 1.95. The molecular weight excluding hydrogens is 284 g/mol. The van der Waals surface area contributed by atoms with Gasteiger partial charge in [0.1, 0.15) is 17.4 Å². The number of esters is 1. The van der Waals surface area contributed by atoms with Crippen molar-refractivity contribution in [3.63, 3.8) is 0 Å². The zero-order valence-corrected chi connectivity index (χ0v) is 13.9. The van der Waals surface area contributed by atoms with Crippen molar-refractivity contribution in [2.45, 2.75) is 33.3 Å². The minimum absolute atomic E-state index is 0.317. The highest BCUT2D eigenvalue weighted by Gasteiger charge is 2.20. The number of hydrogen-bond donors (Lipinski definition) is 0.